The number of nitrogens with zero attached hydrogens (tertiary/aromatic N) is 2. The van der Waals surface area contributed by atoms with Crippen molar-refractivity contribution in [2.45, 2.75) is 6.04 Å². The summed E-state index contributed by atoms with van der Waals surface area (Å²) in [5, 5.41) is 8.32. The van der Waals surface area contributed by atoms with Gasteiger partial charge in [0.1, 0.15) is 5.82 Å². The molecule has 0 radical (unpaired) electrons. The van der Waals surface area contributed by atoms with Crippen molar-refractivity contribution in [2.24, 2.45) is 5.73 Å². The van der Waals surface area contributed by atoms with Crippen LogP contribution in [-0.4, -0.2) is 15.2 Å². The molecule has 6 heteroatoms. The molecule has 3 N–H and O–H groups in total. The van der Waals surface area contributed by atoms with Gasteiger partial charge in [0.2, 0.25) is 0 Å². The van der Waals surface area contributed by atoms with Gasteiger partial charge in [0.05, 0.1) is 11.1 Å². The molecule has 3 rings (SSSR count). The zero-order chi connectivity index (χ0) is 14.8. The van der Waals surface area contributed by atoms with Crippen molar-refractivity contribution in [3.8, 4) is 11.4 Å². The van der Waals surface area contributed by atoms with Crippen LogP contribution in [-0.2, 0) is 0 Å². The summed E-state index contributed by atoms with van der Waals surface area (Å²) in [7, 11) is 0. The number of H-pyrrole nitrogens is 1. The number of hydrogen-bond acceptors (Lipinski definition) is 3. The lowest BCUT2D eigenvalue weighted by Gasteiger charge is -2.08. The summed E-state index contributed by atoms with van der Waals surface area (Å²) in [6, 6.07) is 14.3. The maximum Gasteiger partial charge on any atom is 0.182 e. The molecule has 0 aliphatic heterocycles. The smallest absolute Gasteiger partial charge is 0.182 e. The molecule has 4 nitrogen and oxygen atoms in total. The number of aromatic nitrogens is 3. The Labute approximate surface area is 131 Å². The van der Waals surface area contributed by atoms with Crippen molar-refractivity contribution in [1.29, 1.82) is 0 Å². The number of hydrogen-bond donors (Lipinski definition) is 2. The van der Waals surface area contributed by atoms with Gasteiger partial charge < -0.3 is 5.73 Å². The standard InChI is InChI=1S/C15H12Cl2N4/c16-10-7-5-9(6-8-10)13(18)15-19-14(20-21-15)11-3-1-2-4-12(11)17/h1-8,13H,18H2,(H,19,20,21)/t13-/m1/s1. The van der Waals surface area contributed by atoms with Crippen molar-refractivity contribution in [3.63, 3.8) is 0 Å². The second-order valence-electron chi connectivity index (χ2n) is 4.55. The summed E-state index contributed by atoms with van der Waals surface area (Å²) in [5.74, 6) is 1.10. The Hall–Kier alpha value is -1.88. The van der Waals surface area contributed by atoms with Crippen molar-refractivity contribution in [2.75, 3.05) is 0 Å². The Morgan fingerprint density at radius 3 is 2.43 bits per heavy atom. The molecule has 0 bridgehead atoms. The van der Waals surface area contributed by atoms with Crippen LogP contribution in [0.2, 0.25) is 10.0 Å². The molecule has 0 aliphatic rings. The minimum atomic E-state index is -0.397. The zero-order valence-corrected chi connectivity index (χ0v) is 12.4. The topological polar surface area (TPSA) is 67.6 Å². The van der Waals surface area contributed by atoms with Crippen LogP contribution in [0.3, 0.4) is 0 Å². The monoisotopic (exact) mass is 318 g/mol. The largest absolute Gasteiger partial charge is 0.318 e. The number of benzene rings is 2. The summed E-state index contributed by atoms with van der Waals surface area (Å²) in [6.45, 7) is 0. The van der Waals surface area contributed by atoms with Crippen LogP contribution in [0.15, 0.2) is 48.5 Å². The average molecular weight is 319 g/mol. The number of aromatic amines is 1. The lowest BCUT2D eigenvalue weighted by molar-refractivity contribution is 0.787. The Balaban J connectivity index is 1.91. The maximum atomic E-state index is 6.19. The quantitative estimate of drug-likeness (QED) is 0.771. The lowest BCUT2D eigenvalue weighted by Crippen LogP contribution is -2.13. The van der Waals surface area contributed by atoms with Crippen LogP contribution in [0.4, 0.5) is 0 Å². The third-order valence-corrected chi connectivity index (χ3v) is 3.72. The molecular weight excluding hydrogens is 307 g/mol. The average Bonchev–Trinajstić information content (AvgIpc) is 2.97. The van der Waals surface area contributed by atoms with E-state index in [2.05, 4.69) is 15.2 Å². The summed E-state index contributed by atoms with van der Waals surface area (Å²) in [6.07, 6.45) is 0. The first-order valence-corrected chi connectivity index (χ1v) is 7.09. The van der Waals surface area contributed by atoms with Gasteiger partial charge in [-0.1, -0.05) is 47.5 Å². The highest BCUT2D eigenvalue weighted by Gasteiger charge is 2.15. The fraction of sp³-hybridized carbons (Fsp3) is 0.0667. The summed E-state index contributed by atoms with van der Waals surface area (Å²) in [5.41, 5.74) is 7.86. The second kappa shape index (κ2) is 5.85. The van der Waals surface area contributed by atoms with Crippen LogP contribution in [0.25, 0.3) is 11.4 Å². The number of nitrogens with one attached hydrogen (secondary N) is 1. The van der Waals surface area contributed by atoms with Crippen LogP contribution in [0, 0.1) is 0 Å². The minimum Gasteiger partial charge on any atom is -0.318 e. The van der Waals surface area contributed by atoms with Crippen molar-refractivity contribution in [1.82, 2.24) is 15.2 Å². The van der Waals surface area contributed by atoms with E-state index in [4.69, 9.17) is 28.9 Å². The summed E-state index contributed by atoms with van der Waals surface area (Å²) < 4.78 is 0. The summed E-state index contributed by atoms with van der Waals surface area (Å²) >= 11 is 12.0. The summed E-state index contributed by atoms with van der Waals surface area (Å²) in [4.78, 5) is 4.43. The number of rotatable bonds is 3. The normalized spacial score (nSPS) is 12.3. The fourth-order valence-corrected chi connectivity index (χ4v) is 2.35. The van der Waals surface area contributed by atoms with E-state index >= 15 is 0 Å². The molecule has 0 saturated carbocycles. The number of halogens is 2. The highest BCUT2D eigenvalue weighted by molar-refractivity contribution is 6.33. The molecule has 0 saturated heterocycles. The molecule has 21 heavy (non-hydrogen) atoms. The molecule has 1 atom stereocenters. The van der Waals surface area contributed by atoms with Gasteiger partial charge in [-0.2, -0.15) is 5.10 Å². The van der Waals surface area contributed by atoms with Gasteiger partial charge in [-0.15, -0.1) is 0 Å². The predicted octanol–water partition coefficient (Wildman–Crippen LogP) is 3.83. The third-order valence-electron chi connectivity index (χ3n) is 3.14. The molecule has 0 aliphatic carbocycles. The molecule has 0 amide bonds. The van der Waals surface area contributed by atoms with Gasteiger partial charge in [0, 0.05) is 10.6 Å². The minimum absolute atomic E-state index is 0.397. The predicted molar refractivity (Wildman–Crippen MR) is 84.3 cm³/mol. The molecule has 2 aromatic carbocycles. The van der Waals surface area contributed by atoms with Gasteiger partial charge in [-0.05, 0) is 29.8 Å². The Morgan fingerprint density at radius 1 is 1.00 bits per heavy atom. The molecule has 0 spiro atoms. The Kier molecular flexibility index (Phi) is 3.92. The molecule has 106 valence electrons. The lowest BCUT2D eigenvalue weighted by atomic mass is 10.1. The SMILES string of the molecule is N[C@H](c1ccc(Cl)cc1)c1nc(-c2ccccc2Cl)n[nH]1. The van der Waals surface area contributed by atoms with E-state index in [0.717, 1.165) is 11.1 Å². The van der Waals surface area contributed by atoms with Crippen LogP contribution < -0.4 is 5.73 Å². The van der Waals surface area contributed by atoms with Crippen molar-refractivity contribution < 1.29 is 0 Å². The van der Waals surface area contributed by atoms with E-state index in [1.54, 1.807) is 18.2 Å². The van der Waals surface area contributed by atoms with Crippen LogP contribution in [0.1, 0.15) is 17.4 Å². The second-order valence-corrected chi connectivity index (χ2v) is 5.40. The molecule has 1 aromatic heterocycles. The van der Waals surface area contributed by atoms with Gasteiger partial charge >= 0.3 is 0 Å². The Bertz CT molecular complexity index is 752. The van der Waals surface area contributed by atoms with Gasteiger partial charge in [-0.25, -0.2) is 4.98 Å². The molecule has 0 fully saturated rings. The van der Waals surface area contributed by atoms with E-state index in [1.165, 1.54) is 0 Å². The van der Waals surface area contributed by atoms with E-state index in [-0.39, 0.29) is 0 Å². The van der Waals surface area contributed by atoms with Crippen molar-refractivity contribution in [3.05, 3.63) is 70.0 Å². The van der Waals surface area contributed by atoms with Gasteiger partial charge in [0.15, 0.2) is 5.82 Å². The first kappa shape index (κ1) is 14.1. The molecule has 1 heterocycles. The maximum absolute atomic E-state index is 6.19. The van der Waals surface area contributed by atoms with E-state index in [9.17, 15) is 0 Å². The van der Waals surface area contributed by atoms with E-state index in [1.807, 2.05) is 30.3 Å². The van der Waals surface area contributed by atoms with Crippen LogP contribution in [0.5, 0.6) is 0 Å². The molecular formula is C15H12Cl2N4. The van der Waals surface area contributed by atoms with Gasteiger partial charge in [-0.3, -0.25) is 5.10 Å². The van der Waals surface area contributed by atoms with E-state index in [0.29, 0.717) is 21.7 Å². The highest BCUT2D eigenvalue weighted by atomic mass is 35.5. The van der Waals surface area contributed by atoms with Gasteiger partial charge in [0.25, 0.3) is 0 Å². The molecule has 3 aromatic rings. The Morgan fingerprint density at radius 2 is 1.71 bits per heavy atom. The fourth-order valence-electron chi connectivity index (χ4n) is 2.00. The van der Waals surface area contributed by atoms with Crippen LogP contribution >= 0.6 is 23.2 Å². The first-order chi connectivity index (χ1) is 10.1. The zero-order valence-electron chi connectivity index (χ0n) is 10.9. The first-order valence-electron chi connectivity index (χ1n) is 6.33. The molecule has 0 unspecified atom stereocenters. The number of nitrogens with two attached hydrogens (primary N) is 1. The van der Waals surface area contributed by atoms with E-state index < -0.39 is 6.04 Å². The highest BCUT2D eigenvalue weighted by Crippen LogP contribution is 2.26. The third kappa shape index (κ3) is 2.93. The van der Waals surface area contributed by atoms with Crippen molar-refractivity contribution >= 4 is 23.2 Å².